The molecule has 0 fully saturated rings. The van der Waals surface area contributed by atoms with Gasteiger partial charge in [-0.15, -0.1) is 0 Å². The molecule has 3 aromatic carbocycles. The number of ether oxygens (including phenoxy) is 2. The topological polar surface area (TPSA) is 86.9 Å². The summed E-state index contributed by atoms with van der Waals surface area (Å²) in [5.74, 6) is 0.571. The van der Waals surface area contributed by atoms with Crippen LogP contribution in [0.25, 0.3) is 16.8 Å². The van der Waals surface area contributed by atoms with Crippen LogP contribution in [0, 0.1) is 5.82 Å². The lowest BCUT2D eigenvalue weighted by atomic mass is 9.86. The summed E-state index contributed by atoms with van der Waals surface area (Å²) in [6, 6.07) is 18.9. The summed E-state index contributed by atoms with van der Waals surface area (Å²) in [6.07, 6.45) is 0.0560. The van der Waals surface area contributed by atoms with Crippen molar-refractivity contribution in [3.05, 3.63) is 99.6 Å². The number of methoxy groups -OCH3 is 2. The molecule has 1 unspecified atom stereocenters. The second-order valence-electron chi connectivity index (χ2n) is 8.90. The lowest BCUT2D eigenvalue weighted by Crippen LogP contribution is -2.36. The summed E-state index contributed by atoms with van der Waals surface area (Å²) in [4.78, 5) is 32.0. The van der Waals surface area contributed by atoms with Crippen molar-refractivity contribution >= 4 is 28.5 Å². The first-order valence-corrected chi connectivity index (χ1v) is 11.8. The van der Waals surface area contributed by atoms with Crippen LogP contribution in [-0.2, 0) is 11.3 Å². The quantitative estimate of drug-likeness (QED) is 0.390. The smallest absolute Gasteiger partial charge is 0.261 e. The third-order valence-corrected chi connectivity index (χ3v) is 6.80. The third-order valence-electron chi connectivity index (χ3n) is 6.80. The average molecular weight is 499 g/mol. The molecule has 0 saturated carbocycles. The minimum atomic E-state index is -0.591. The lowest BCUT2D eigenvalue weighted by Gasteiger charge is -2.28. The molecule has 1 aliphatic heterocycles. The number of nitrogens with one attached hydrogen (secondary N) is 1. The summed E-state index contributed by atoms with van der Waals surface area (Å²) in [5, 5.41) is 2.94. The molecule has 0 bridgehead atoms. The number of fused-ring (bicyclic) bond motifs is 5. The Kier molecular flexibility index (Phi) is 5.40. The van der Waals surface area contributed by atoms with E-state index in [9.17, 15) is 14.0 Å². The molecule has 0 radical (unpaired) electrons. The zero-order valence-corrected chi connectivity index (χ0v) is 20.2. The number of anilines is 1. The second-order valence-corrected chi connectivity index (χ2v) is 8.90. The van der Waals surface area contributed by atoms with Crippen molar-refractivity contribution in [2.75, 3.05) is 19.5 Å². The molecular formula is C28H23FN4O4. The van der Waals surface area contributed by atoms with Crippen molar-refractivity contribution in [1.29, 1.82) is 0 Å². The van der Waals surface area contributed by atoms with Crippen LogP contribution in [0.3, 0.4) is 0 Å². The maximum atomic E-state index is 14.2. The number of aromatic nitrogens is 3. The van der Waals surface area contributed by atoms with Crippen LogP contribution in [0.2, 0.25) is 0 Å². The van der Waals surface area contributed by atoms with Gasteiger partial charge in [-0.25, -0.2) is 9.37 Å². The molecule has 8 nitrogen and oxygen atoms in total. The van der Waals surface area contributed by atoms with Gasteiger partial charge >= 0.3 is 0 Å². The first kappa shape index (κ1) is 22.8. The fourth-order valence-electron chi connectivity index (χ4n) is 5.15. The number of rotatable bonds is 5. The highest BCUT2D eigenvalue weighted by molar-refractivity contribution is 5.96. The van der Waals surface area contributed by atoms with Crippen molar-refractivity contribution in [3.63, 3.8) is 0 Å². The zero-order valence-electron chi connectivity index (χ0n) is 20.2. The van der Waals surface area contributed by atoms with Gasteiger partial charge in [0.05, 0.1) is 37.4 Å². The van der Waals surface area contributed by atoms with Crippen molar-refractivity contribution in [2.24, 2.45) is 0 Å². The van der Waals surface area contributed by atoms with Crippen molar-refractivity contribution in [1.82, 2.24) is 14.0 Å². The Bertz CT molecular complexity index is 1740. The number of hydrogen-bond acceptors (Lipinski definition) is 5. The molecule has 1 N–H and O–H groups in total. The van der Waals surface area contributed by atoms with Gasteiger partial charge in [-0.1, -0.05) is 36.4 Å². The third kappa shape index (κ3) is 3.62. The van der Waals surface area contributed by atoms with Crippen molar-refractivity contribution < 1.29 is 18.7 Å². The summed E-state index contributed by atoms with van der Waals surface area (Å²) < 4.78 is 28.1. The second kappa shape index (κ2) is 8.77. The number of hydrogen-bond donors (Lipinski definition) is 1. The number of nitrogens with zero attached hydrogens (tertiary/aromatic N) is 3. The van der Waals surface area contributed by atoms with Gasteiger partial charge in [0.15, 0.2) is 11.5 Å². The minimum absolute atomic E-state index is 0.0560. The molecule has 3 heterocycles. The molecule has 1 aliphatic rings. The number of amides is 1. The highest BCUT2D eigenvalue weighted by atomic mass is 19.1. The monoisotopic (exact) mass is 498 g/mol. The van der Waals surface area contributed by atoms with Crippen molar-refractivity contribution in [3.8, 4) is 11.5 Å². The molecule has 2 aromatic heterocycles. The van der Waals surface area contributed by atoms with Crippen LogP contribution < -0.4 is 20.3 Å². The number of carbonyl (C=O) groups excluding carboxylic acids is 1. The molecule has 0 aliphatic carbocycles. The number of halogens is 1. The van der Waals surface area contributed by atoms with Crippen molar-refractivity contribution in [2.45, 2.75) is 18.9 Å². The molecule has 0 spiro atoms. The molecule has 6 rings (SSSR count). The van der Waals surface area contributed by atoms with Crippen LogP contribution in [0.5, 0.6) is 11.5 Å². The largest absolute Gasteiger partial charge is 0.493 e. The van der Waals surface area contributed by atoms with Crippen LogP contribution >= 0.6 is 0 Å². The maximum absolute atomic E-state index is 14.2. The fraction of sp³-hybridized carbons (Fsp3) is 0.179. The van der Waals surface area contributed by atoms with Gasteiger partial charge in [0, 0.05) is 17.9 Å². The Morgan fingerprint density at radius 1 is 1.00 bits per heavy atom. The Labute approximate surface area is 210 Å². The highest BCUT2D eigenvalue weighted by Crippen LogP contribution is 2.43. The minimum Gasteiger partial charge on any atom is -0.493 e. The predicted molar refractivity (Wildman–Crippen MR) is 137 cm³/mol. The Morgan fingerprint density at radius 2 is 1.78 bits per heavy atom. The standard InChI is InChI=1S/C28H23FN4O4/c1-36-22-9-5-6-18(25(22)37-2)19-14-23(34)31-26-24(19)27(35)32(15-16-10-12-17(29)13-11-16)28-30-20-7-3-4-8-21(20)33(26)28/h3-13,19H,14-15H2,1-2H3,(H,31,34). The van der Waals surface area contributed by atoms with E-state index in [2.05, 4.69) is 5.32 Å². The summed E-state index contributed by atoms with van der Waals surface area (Å²) in [7, 11) is 3.07. The van der Waals surface area contributed by atoms with E-state index in [1.807, 2.05) is 40.8 Å². The van der Waals surface area contributed by atoms with Gasteiger partial charge in [0.25, 0.3) is 5.56 Å². The lowest BCUT2D eigenvalue weighted by molar-refractivity contribution is -0.116. The Balaban J connectivity index is 1.69. The van der Waals surface area contributed by atoms with E-state index in [0.29, 0.717) is 39.7 Å². The van der Waals surface area contributed by atoms with E-state index < -0.39 is 5.92 Å². The molecule has 9 heteroatoms. The molecule has 1 atom stereocenters. The zero-order chi connectivity index (χ0) is 25.7. The fourth-order valence-corrected chi connectivity index (χ4v) is 5.15. The Morgan fingerprint density at radius 3 is 2.54 bits per heavy atom. The first-order chi connectivity index (χ1) is 18.0. The van der Waals surface area contributed by atoms with Crippen LogP contribution in [0.4, 0.5) is 10.2 Å². The Hall–Kier alpha value is -4.66. The van der Waals surface area contributed by atoms with Crippen LogP contribution in [0.1, 0.15) is 29.0 Å². The number of para-hydroxylation sites is 3. The van der Waals surface area contributed by atoms with E-state index in [1.54, 1.807) is 29.9 Å². The van der Waals surface area contributed by atoms with Gasteiger partial charge < -0.3 is 14.8 Å². The van der Waals surface area contributed by atoms with Gasteiger partial charge in [-0.3, -0.25) is 18.6 Å². The predicted octanol–water partition coefficient (Wildman–Crippen LogP) is 4.33. The van der Waals surface area contributed by atoms with E-state index in [1.165, 1.54) is 19.2 Å². The first-order valence-electron chi connectivity index (χ1n) is 11.8. The molecular weight excluding hydrogens is 475 g/mol. The summed E-state index contributed by atoms with van der Waals surface area (Å²) in [6.45, 7) is 0.176. The SMILES string of the molecule is COc1cccc(C2CC(=O)Nc3c2c(=O)n(Cc2ccc(F)cc2)c2nc4ccccc4n32)c1OC. The van der Waals surface area contributed by atoms with Crippen LogP contribution in [-0.4, -0.2) is 34.1 Å². The molecule has 1 amide bonds. The van der Waals surface area contributed by atoms with E-state index >= 15 is 0 Å². The summed E-state index contributed by atoms with van der Waals surface area (Å²) >= 11 is 0. The molecule has 37 heavy (non-hydrogen) atoms. The van der Waals surface area contributed by atoms with E-state index in [0.717, 1.165) is 11.1 Å². The molecule has 0 saturated heterocycles. The summed E-state index contributed by atoms with van der Waals surface area (Å²) in [5.41, 5.74) is 2.97. The van der Waals surface area contributed by atoms with Gasteiger partial charge in [-0.2, -0.15) is 0 Å². The molecule has 186 valence electrons. The van der Waals surface area contributed by atoms with E-state index in [4.69, 9.17) is 14.5 Å². The maximum Gasteiger partial charge on any atom is 0.261 e. The average Bonchev–Trinajstić information content (AvgIpc) is 3.30. The highest BCUT2D eigenvalue weighted by Gasteiger charge is 2.35. The molecule has 5 aromatic rings. The van der Waals surface area contributed by atoms with Gasteiger partial charge in [0.1, 0.15) is 11.6 Å². The van der Waals surface area contributed by atoms with E-state index in [-0.39, 0.29) is 30.2 Å². The van der Waals surface area contributed by atoms with Gasteiger partial charge in [0.2, 0.25) is 11.7 Å². The van der Waals surface area contributed by atoms with Crippen LogP contribution in [0.15, 0.2) is 71.5 Å². The normalized spacial score (nSPS) is 15.0. The number of imidazole rings is 1. The van der Waals surface area contributed by atoms with Gasteiger partial charge in [-0.05, 0) is 35.9 Å². The number of benzene rings is 3. The number of carbonyl (C=O) groups is 1.